The molecule has 0 aliphatic heterocycles. The highest BCUT2D eigenvalue weighted by Crippen LogP contribution is 2.13. The third-order valence-corrected chi connectivity index (χ3v) is 1.98. The number of benzene rings is 1. The van der Waals surface area contributed by atoms with E-state index in [9.17, 15) is 0 Å². The van der Waals surface area contributed by atoms with Gasteiger partial charge >= 0.3 is 0 Å². The van der Waals surface area contributed by atoms with Gasteiger partial charge in [0.05, 0.1) is 5.88 Å². The molecule has 0 fully saturated rings. The molecule has 1 unspecified atom stereocenters. The number of halogens is 1. The van der Waals surface area contributed by atoms with E-state index in [0.29, 0.717) is 12.5 Å². The van der Waals surface area contributed by atoms with Gasteiger partial charge in [0.25, 0.3) is 0 Å². The molecule has 0 aliphatic carbocycles. The molecule has 0 heterocycles. The Bertz CT molecular complexity index is 258. The minimum absolute atomic E-state index is 0.199. The molecule has 0 bridgehead atoms. The normalized spacial score (nSPS) is 12.5. The summed E-state index contributed by atoms with van der Waals surface area (Å²) in [6.07, 6.45) is 0.899. The molecule has 0 amide bonds. The van der Waals surface area contributed by atoms with Gasteiger partial charge in [0.15, 0.2) is 0 Å². The zero-order valence-corrected chi connectivity index (χ0v) is 9.13. The van der Waals surface area contributed by atoms with Crippen LogP contribution in [0.15, 0.2) is 24.3 Å². The van der Waals surface area contributed by atoms with Gasteiger partial charge in [-0.15, -0.1) is 11.6 Å². The Kier molecular flexibility index (Phi) is 4.77. The highest BCUT2D eigenvalue weighted by Gasteiger charge is 1.98. The number of hydrogen-bond acceptors (Lipinski definition) is 2. The molecule has 0 saturated heterocycles. The molecule has 2 nitrogen and oxygen atoms in total. The summed E-state index contributed by atoms with van der Waals surface area (Å²) in [7, 11) is 0. The highest BCUT2D eigenvalue weighted by atomic mass is 35.5. The van der Waals surface area contributed by atoms with Gasteiger partial charge in [-0.2, -0.15) is 0 Å². The first-order valence-corrected chi connectivity index (χ1v) is 5.29. The minimum Gasteiger partial charge on any atom is -0.492 e. The summed E-state index contributed by atoms with van der Waals surface area (Å²) in [5, 5.41) is 0. The van der Waals surface area contributed by atoms with Crippen LogP contribution in [0, 0.1) is 0 Å². The summed E-state index contributed by atoms with van der Waals surface area (Å²) in [5.74, 6) is 1.38. The second kappa shape index (κ2) is 5.89. The zero-order chi connectivity index (χ0) is 10.4. The third kappa shape index (κ3) is 3.99. The topological polar surface area (TPSA) is 35.2 Å². The molecule has 78 valence electrons. The minimum atomic E-state index is 0.199. The van der Waals surface area contributed by atoms with Crippen molar-refractivity contribution in [3.63, 3.8) is 0 Å². The average Bonchev–Trinajstić information content (AvgIpc) is 2.16. The fourth-order valence-corrected chi connectivity index (χ4v) is 1.33. The van der Waals surface area contributed by atoms with Crippen LogP contribution in [0.5, 0.6) is 5.75 Å². The van der Waals surface area contributed by atoms with Crippen molar-refractivity contribution in [2.24, 2.45) is 5.73 Å². The Morgan fingerprint density at radius 2 is 2.00 bits per heavy atom. The van der Waals surface area contributed by atoms with Crippen LogP contribution in [0.4, 0.5) is 0 Å². The van der Waals surface area contributed by atoms with Gasteiger partial charge in [-0.05, 0) is 31.0 Å². The van der Waals surface area contributed by atoms with Crippen LogP contribution in [0.2, 0.25) is 0 Å². The maximum atomic E-state index is 5.69. The van der Waals surface area contributed by atoms with Crippen molar-refractivity contribution in [2.45, 2.75) is 19.4 Å². The Hall–Kier alpha value is -0.730. The second-order valence-electron chi connectivity index (χ2n) is 3.36. The van der Waals surface area contributed by atoms with E-state index in [-0.39, 0.29) is 6.04 Å². The third-order valence-electron chi connectivity index (χ3n) is 1.83. The molecule has 1 aromatic carbocycles. The standard InChI is InChI=1S/C11H16ClNO/c1-9(13)8-10-2-4-11(5-3-10)14-7-6-12/h2-5,9H,6-8,13H2,1H3. The molecule has 3 heteroatoms. The Labute approximate surface area is 90.0 Å². The van der Waals surface area contributed by atoms with Crippen LogP contribution < -0.4 is 10.5 Å². The molecule has 0 aromatic heterocycles. The quantitative estimate of drug-likeness (QED) is 0.762. The van der Waals surface area contributed by atoms with Crippen LogP contribution in [-0.2, 0) is 6.42 Å². The first-order chi connectivity index (χ1) is 6.72. The van der Waals surface area contributed by atoms with E-state index in [1.807, 2.05) is 31.2 Å². The first-order valence-electron chi connectivity index (χ1n) is 4.75. The lowest BCUT2D eigenvalue weighted by molar-refractivity contribution is 0.342. The van der Waals surface area contributed by atoms with Crippen molar-refractivity contribution in [3.8, 4) is 5.75 Å². The lowest BCUT2D eigenvalue weighted by atomic mass is 10.1. The summed E-state index contributed by atoms with van der Waals surface area (Å²) >= 11 is 5.51. The summed E-state index contributed by atoms with van der Waals surface area (Å²) in [4.78, 5) is 0. The number of hydrogen-bond donors (Lipinski definition) is 1. The lowest BCUT2D eigenvalue weighted by Gasteiger charge is -2.07. The molecule has 1 rings (SSSR count). The Morgan fingerprint density at radius 3 is 2.50 bits per heavy atom. The van der Waals surface area contributed by atoms with Gasteiger partial charge in [-0.1, -0.05) is 12.1 Å². The molecule has 1 aromatic rings. The van der Waals surface area contributed by atoms with Crippen molar-refractivity contribution >= 4 is 11.6 Å². The second-order valence-corrected chi connectivity index (χ2v) is 3.74. The summed E-state index contributed by atoms with van der Waals surface area (Å²) in [6, 6.07) is 8.17. The van der Waals surface area contributed by atoms with Gasteiger partial charge in [-0.25, -0.2) is 0 Å². The predicted molar refractivity (Wildman–Crippen MR) is 60.0 cm³/mol. The SMILES string of the molecule is CC(N)Cc1ccc(OCCCl)cc1. The maximum absolute atomic E-state index is 5.69. The van der Waals surface area contributed by atoms with E-state index in [1.165, 1.54) is 5.56 Å². The number of ether oxygens (including phenoxy) is 1. The fourth-order valence-electron chi connectivity index (χ4n) is 1.25. The van der Waals surface area contributed by atoms with Crippen LogP contribution in [-0.4, -0.2) is 18.5 Å². The van der Waals surface area contributed by atoms with E-state index in [0.717, 1.165) is 12.2 Å². The number of alkyl halides is 1. The fraction of sp³-hybridized carbons (Fsp3) is 0.455. The monoisotopic (exact) mass is 213 g/mol. The summed E-state index contributed by atoms with van der Waals surface area (Å²) in [5.41, 5.74) is 6.93. The lowest BCUT2D eigenvalue weighted by Crippen LogP contribution is -2.17. The van der Waals surface area contributed by atoms with Gasteiger partial charge in [0.2, 0.25) is 0 Å². The molecule has 1 atom stereocenters. The van der Waals surface area contributed by atoms with Crippen molar-refractivity contribution in [1.29, 1.82) is 0 Å². The van der Waals surface area contributed by atoms with Gasteiger partial charge in [-0.3, -0.25) is 0 Å². The molecule has 0 saturated carbocycles. The van der Waals surface area contributed by atoms with Gasteiger partial charge in [0, 0.05) is 6.04 Å². The predicted octanol–water partition coefficient (Wildman–Crippen LogP) is 2.19. The van der Waals surface area contributed by atoms with E-state index < -0.39 is 0 Å². The molecule has 0 aliphatic rings. The number of nitrogens with two attached hydrogens (primary N) is 1. The summed E-state index contributed by atoms with van der Waals surface area (Å²) in [6.45, 7) is 2.55. The van der Waals surface area contributed by atoms with E-state index in [4.69, 9.17) is 22.1 Å². The molecule has 14 heavy (non-hydrogen) atoms. The highest BCUT2D eigenvalue weighted by molar-refractivity contribution is 6.17. The molecule has 2 N–H and O–H groups in total. The van der Waals surface area contributed by atoms with E-state index in [1.54, 1.807) is 0 Å². The van der Waals surface area contributed by atoms with Crippen LogP contribution in [0.3, 0.4) is 0 Å². The average molecular weight is 214 g/mol. The maximum Gasteiger partial charge on any atom is 0.119 e. The Balaban J connectivity index is 2.50. The molecule has 0 radical (unpaired) electrons. The van der Waals surface area contributed by atoms with Gasteiger partial charge < -0.3 is 10.5 Å². The number of rotatable bonds is 5. The van der Waals surface area contributed by atoms with Crippen LogP contribution in [0.25, 0.3) is 0 Å². The molecular weight excluding hydrogens is 198 g/mol. The van der Waals surface area contributed by atoms with Crippen LogP contribution >= 0.6 is 11.6 Å². The van der Waals surface area contributed by atoms with Crippen molar-refractivity contribution in [1.82, 2.24) is 0 Å². The van der Waals surface area contributed by atoms with Crippen LogP contribution in [0.1, 0.15) is 12.5 Å². The largest absolute Gasteiger partial charge is 0.492 e. The van der Waals surface area contributed by atoms with Gasteiger partial charge in [0.1, 0.15) is 12.4 Å². The zero-order valence-electron chi connectivity index (χ0n) is 8.37. The van der Waals surface area contributed by atoms with Crippen molar-refractivity contribution in [3.05, 3.63) is 29.8 Å². The molecular formula is C11H16ClNO. The van der Waals surface area contributed by atoms with E-state index >= 15 is 0 Å². The first kappa shape index (κ1) is 11.3. The smallest absolute Gasteiger partial charge is 0.119 e. The molecule has 0 spiro atoms. The van der Waals surface area contributed by atoms with E-state index in [2.05, 4.69) is 0 Å². The Morgan fingerprint density at radius 1 is 1.36 bits per heavy atom. The summed E-state index contributed by atoms with van der Waals surface area (Å²) < 4.78 is 5.35. The van der Waals surface area contributed by atoms with Crippen molar-refractivity contribution in [2.75, 3.05) is 12.5 Å². The van der Waals surface area contributed by atoms with Crippen molar-refractivity contribution < 1.29 is 4.74 Å².